The number of rotatable bonds is 2. The summed E-state index contributed by atoms with van der Waals surface area (Å²) in [5.41, 5.74) is 1.84. The molecule has 0 spiro atoms. The minimum Gasteiger partial charge on any atom is -0.208 e. The van der Waals surface area contributed by atoms with Crippen molar-refractivity contribution in [1.29, 1.82) is 0 Å². The molecule has 0 N–H and O–H groups in total. The average Bonchev–Trinajstić information content (AvgIpc) is 2.56. The minimum absolute atomic E-state index is 0.345. The van der Waals surface area contributed by atoms with E-state index >= 15 is 0 Å². The van der Waals surface area contributed by atoms with E-state index in [2.05, 4.69) is 20.9 Å². The second-order valence-electron chi connectivity index (χ2n) is 4.18. The Labute approximate surface area is 117 Å². The summed E-state index contributed by atoms with van der Waals surface area (Å²) < 4.78 is 0. The molecule has 0 bridgehead atoms. The van der Waals surface area contributed by atoms with Gasteiger partial charge < -0.3 is 0 Å². The third-order valence-corrected chi connectivity index (χ3v) is 2.83. The van der Waals surface area contributed by atoms with Gasteiger partial charge in [-0.3, -0.25) is 0 Å². The van der Waals surface area contributed by atoms with E-state index in [1.807, 2.05) is 60.7 Å². The Morgan fingerprint density at radius 1 is 0.650 bits per heavy atom. The third-order valence-electron chi connectivity index (χ3n) is 2.83. The van der Waals surface area contributed by atoms with E-state index < -0.39 is 0 Å². The van der Waals surface area contributed by atoms with Crippen LogP contribution in [0.25, 0.3) is 22.8 Å². The lowest BCUT2D eigenvalue weighted by molar-refractivity contribution is 1.04. The van der Waals surface area contributed by atoms with E-state index in [4.69, 9.17) is 6.42 Å². The maximum atomic E-state index is 5.44. The molecule has 2 aromatic carbocycles. The van der Waals surface area contributed by atoms with Gasteiger partial charge in [-0.05, 0) is 5.92 Å². The van der Waals surface area contributed by atoms with Crippen molar-refractivity contribution in [3.05, 3.63) is 66.5 Å². The van der Waals surface area contributed by atoms with Crippen LogP contribution in [0.15, 0.2) is 60.7 Å². The fraction of sp³-hybridized carbons (Fsp3) is 0. The second-order valence-corrected chi connectivity index (χ2v) is 4.18. The highest BCUT2D eigenvalue weighted by Gasteiger charge is 2.08. The molecule has 0 saturated carbocycles. The zero-order valence-corrected chi connectivity index (χ0v) is 10.7. The predicted molar refractivity (Wildman–Crippen MR) is 78.6 cm³/mol. The Morgan fingerprint density at radius 3 is 1.50 bits per heavy atom. The molecule has 3 rings (SSSR count). The van der Waals surface area contributed by atoms with Crippen LogP contribution in [-0.4, -0.2) is 15.0 Å². The summed E-state index contributed by atoms with van der Waals surface area (Å²) in [5, 5.41) is 0. The smallest absolute Gasteiger partial charge is 0.208 e. The van der Waals surface area contributed by atoms with Gasteiger partial charge in [-0.25, -0.2) is 15.0 Å². The monoisotopic (exact) mass is 257 g/mol. The van der Waals surface area contributed by atoms with Crippen molar-refractivity contribution in [1.82, 2.24) is 15.0 Å². The molecule has 0 unspecified atom stereocenters. The Balaban J connectivity index is 2.16. The van der Waals surface area contributed by atoms with E-state index in [9.17, 15) is 0 Å². The van der Waals surface area contributed by atoms with Crippen molar-refractivity contribution >= 4 is 0 Å². The van der Waals surface area contributed by atoms with Gasteiger partial charge in [-0.15, -0.1) is 6.42 Å². The number of terminal acetylenes is 1. The molecule has 20 heavy (non-hydrogen) atoms. The highest BCUT2D eigenvalue weighted by atomic mass is 15.0. The SMILES string of the molecule is C#Cc1nc(-c2ccccc2)nc(-c2ccccc2)n1. The molecule has 0 aliphatic heterocycles. The van der Waals surface area contributed by atoms with Crippen molar-refractivity contribution in [3.8, 4) is 35.1 Å². The minimum atomic E-state index is 0.345. The third kappa shape index (κ3) is 2.40. The first-order valence-corrected chi connectivity index (χ1v) is 6.20. The van der Waals surface area contributed by atoms with Crippen molar-refractivity contribution < 1.29 is 0 Å². The molecule has 1 aromatic heterocycles. The van der Waals surface area contributed by atoms with Gasteiger partial charge in [0.1, 0.15) is 0 Å². The van der Waals surface area contributed by atoms with Crippen LogP contribution in [0.4, 0.5) is 0 Å². The molecule has 3 heteroatoms. The number of aromatic nitrogens is 3. The first-order valence-electron chi connectivity index (χ1n) is 6.20. The molecule has 3 nitrogen and oxygen atoms in total. The van der Waals surface area contributed by atoms with Crippen LogP contribution in [0.3, 0.4) is 0 Å². The van der Waals surface area contributed by atoms with Gasteiger partial charge in [-0.2, -0.15) is 0 Å². The molecule has 0 atom stereocenters. The van der Waals surface area contributed by atoms with Crippen LogP contribution in [0.1, 0.15) is 5.82 Å². The molecule has 0 amide bonds. The lowest BCUT2D eigenvalue weighted by Gasteiger charge is -2.04. The van der Waals surface area contributed by atoms with Crippen LogP contribution in [0, 0.1) is 12.3 Å². The lowest BCUT2D eigenvalue weighted by Crippen LogP contribution is -2.00. The molecule has 94 valence electrons. The quantitative estimate of drug-likeness (QED) is 0.662. The topological polar surface area (TPSA) is 38.7 Å². The van der Waals surface area contributed by atoms with Gasteiger partial charge in [0.2, 0.25) is 5.82 Å². The van der Waals surface area contributed by atoms with Gasteiger partial charge in [0.05, 0.1) is 0 Å². The van der Waals surface area contributed by atoms with E-state index in [0.717, 1.165) is 11.1 Å². The number of hydrogen-bond donors (Lipinski definition) is 0. The Morgan fingerprint density at radius 2 is 1.10 bits per heavy atom. The van der Waals surface area contributed by atoms with Crippen LogP contribution in [0.5, 0.6) is 0 Å². The molecule has 0 aliphatic rings. The second kappa shape index (κ2) is 5.33. The van der Waals surface area contributed by atoms with Crippen molar-refractivity contribution in [2.75, 3.05) is 0 Å². The van der Waals surface area contributed by atoms with Crippen molar-refractivity contribution in [2.24, 2.45) is 0 Å². The van der Waals surface area contributed by atoms with Crippen LogP contribution < -0.4 is 0 Å². The summed E-state index contributed by atoms with van der Waals surface area (Å²) >= 11 is 0. The number of nitrogens with zero attached hydrogens (tertiary/aromatic N) is 3. The molecule has 0 radical (unpaired) electrons. The maximum absolute atomic E-state index is 5.44. The van der Waals surface area contributed by atoms with E-state index in [1.165, 1.54) is 0 Å². The lowest BCUT2D eigenvalue weighted by atomic mass is 10.2. The fourth-order valence-corrected chi connectivity index (χ4v) is 1.87. The summed E-state index contributed by atoms with van der Waals surface area (Å²) in [5.74, 6) is 4.01. The van der Waals surface area contributed by atoms with Gasteiger partial charge in [-0.1, -0.05) is 60.7 Å². The van der Waals surface area contributed by atoms with Gasteiger partial charge in [0.15, 0.2) is 11.6 Å². The molecule has 3 aromatic rings. The Kier molecular flexibility index (Phi) is 3.22. The number of hydrogen-bond acceptors (Lipinski definition) is 3. The molecular weight excluding hydrogens is 246 g/mol. The fourth-order valence-electron chi connectivity index (χ4n) is 1.87. The standard InChI is InChI=1S/C17H11N3/c1-2-15-18-16(13-9-5-3-6-10-13)20-17(19-15)14-11-7-4-8-12-14/h1,3-12H. The summed E-state index contributed by atoms with van der Waals surface area (Å²) in [6, 6.07) is 19.5. The maximum Gasteiger partial charge on any atom is 0.208 e. The normalized spacial score (nSPS) is 9.95. The van der Waals surface area contributed by atoms with E-state index in [1.54, 1.807) is 0 Å². The predicted octanol–water partition coefficient (Wildman–Crippen LogP) is 3.19. The van der Waals surface area contributed by atoms with Crippen molar-refractivity contribution in [3.63, 3.8) is 0 Å². The molecular formula is C17H11N3. The van der Waals surface area contributed by atoms with Crippen LogP contribution in [-0.2, 0) is 0 Å². The molecule has 1 heterocycles. The summed E-state index contributed by atoms with van der Waals surface area (Å²) in [4.78, 5) is 13.1. The molecule has 0 fully saturated rings. The zero-order valence-electron chi connectivity index (χ0n) is 10.7. The van der Waals surface area contributed by atoms with Crippen molar-refractivity contribution in [2.45, 2.75) is 0 Å². The summed E-state index contributed by atoms with van der Waals surface area (Å²) in [7, 11) is 0. The Bertz CT molecular complexity index is 701. The first kappa shape index (κ1) is 12.1. The zero-order chi connectivity index (χ0) is 13.8. The first-order chi connectivity index (χ1) is 9.86. The van der Waals surface area contributed by atoms with Crippen LogP contribution >= 0.6 is 0 Å². The molecule has 0 saturated heterocycles. The molecule has 0 aliphatic carbocycles. The number of benzene rings is 2. The van der Waals surface area contributed by atoms with Gasteiger partial charge >= 0.3 is 0 Å². The Hall–Kier alpha value is -2.99. The summed E-state index contributed by atoms with van der Waals surface area (Å²) in [6.07, 6.45) is 5.44. The largest absolute Gasteiger partial charge is 0.208 e. The van der Waals surface area contributed by atoms with Crippen LogP contribution in [0.2, 0.25) is 0 Å². The van der Waals surface area contributed by atoms with E-state index in [0.29, 0.717) is 17.5 Å². The van der Waals surface area contributed by atoms with Gasteiger partial charge in [0, 0.05) is 11.1 Å². The average molecular weight is 257 g/mol. The highest BCUT2D eigenvalue weighted by Crippen LogP contribution is 2.19. The highest BCUT2D eigenvalue weighted by molar-refractivity contribution is 5.61. The van der Waals surface area contributed by atoms with Gasteiger partial charge in [0.25, 0.3) is 0 Å². The summed E-state index contributed by atoms with van der Waals surface area (Å²) in [6.45, 7) is 0. The van der Waals surface area contributed by atoms with E-state index in [-0.39, 0.29) is 0 Å².